The highest BCUT2D eigenvalue weighted by Crippen LogP contribution is 2.19. The predicted molar refractivity (Wildman–Crippen MR) is 106 cm³/mol. The van der Waals surface area contributed by atoms with Crippen LogP contribution in [-0.2, 0) is 4.79 Å². The van der Waals surface area contributed by atoms with Gasteiger partial charge in [-0.3, -0.25) is 4.79 Å². The summed E-state index contributed by atoms with van der Waals surface area (Å²) in [5.41, 5.74) is 2.72. The summed E-state index contributed by atoms with van der Waals surface area (Å²) in [6, 6.07) is 26.9. The molecule has 0 heterocycles. The molecule has 1 amide bonds. The molecule has 0 aliphatic carbocycles. The van der Waals surface area contributed by atoms with Crippen LogP contribution in [0, 0.1) is 0 Å². The van der Waals surface area contributed by atoms with E-state index in [1.54, 1.807) is 0 Å². The van der Waals surface area contributed by atoms with Gasteiger partial charge in [-0.15, -0.1) is 0 Å². The first kappa shape index (κ1) is 17.5. The Labute approximate surface area is 153 Å². The SMILES string of the molecule is CCC(Oc1ccccc1)C(=O)Nc1ccc(Nc2ccccc2)cc1. The standard InChI is InChI=1S/C22H22N2O2/c1-2-21(26-20-11-7-4-8-12-20)22(25)24-19-15-13-18(14-16-19)23-17-9-5-3-6-10-17/h3-16,21,23H,2H2,1H3,(H,24,25). The van der Waals surface area contributed by atoms with E-state index in [0.717, 1.165) is 17.1 Å². The lowest BCUT2D eigenvalue weighted by Crippen LogP contribution is -2.32. The summed E-state index contributed by atoms with van der Waals surface area (Å²) < 4.78 is 5.78. The van der Waals surface area contributed by atoms with E-state index in [4.69, 9.17) is 4.74 Å². The summed E-state index contributed by atoms with van der Waals surface area (Å²) in [6.45, 7) is 1.93. The predicted octanol–water partition coefficient (Wildman–Crippen LogP) is 5.23. The van der Waals surface area contributed by atoms with Gasteiger partial charge >= 0.3 is 0 Å². The van der Waals surface area contributed by atoms with Crippen LogP contribution in [-0.4, -0.2) is 12.0 Å². The summed E-state index contributed by atoms with van der Waals surface area (Å²) in [4.78, 5) is 12.5. The number of nitrogens with one attached hydrogen (secondary N) is 2. The molecule has 4 nitrogen and oxygen atoms in total. The van der Waals surface area contributed by atoms with Crippen LogP contribution in [0.5, 0.6) is 5.75 Å². The highest BCUT2D eigenvalue weighted by Gasteiger charge is 2.18. The summed E-state index contributed by atoms with van der Waals surface area (Å²) in [7, 11) is 0. The molecular weight excluding hydrogens is 324 g/mol. The van der Waals surface area contributed by atoms with E-state index in [9.17, 15) is 4.79 Å². The quantitative estimate of drug-likeness (QED) is 0.616. The van der Waals surface area contributed by atoms with E-state index >= 15 is 0 Å². The van der Waals surface area contributed by atoms with Crippen molar-refractivity contribution in [2.75, 3.05) is 10.6 Å². The molecule has 3 aromatic rings. The van der Waals surface area contributed by atoms with Gasteiger partial charge in [-0.2, -0.15) is 0 Å². The number of para-hydroxylation sites is 2. The number of amides is 1. The number of benzene rings is 3. The first-order valence-electron chi connectivity index (χ1n) is 8.69. The normalized spacial score (nSPS) is 11.4. The molecule has 0 aliphatic heterocycles. The lowest BCUT2D eigenvalue weighted by atomic mass is 10.2. The second-order valence-corrected chi connectivity index (χ2v) is 5.89. The van der Waals surface area contributed by atoms with Crippen molar-refractivity contribution < 1.29 is 9.53 Å². The van der Waals surface area contributed by atoms with Crippen molar-refractivity contribution in [3.8, 4) is 5.75 Å². The molecule has 4 heteroatoms. The van der Waals surface area contributed by atoms with Gasteiger partial charge in [0.2, 0.25) is 0 Å². The van der Waals surface area contributed by atoms with Crippen LogP contribution >= 0.6 is 0 Å². The van der Waals surface area contributed by atoms with E-state index in [1.807, 2.05) is 91.9 Å². The van der Waals surface area contributed by atoms with Gasteiger partial charge in [-0.05, 0) is 55.0 Å². The zero-order valence-corrected chi connectivity index (χ0v) is 14.7. The molecule has 2 N–H and O–H groups in total. The maximum absolute atomic E-state index is 12.5. The number of carbonyl (C=O) groups excluding carboxylic acids is 1. The minimum Gasteiger partial charge on any atom is -0.481 e. The Hall–Kier alpha value is -3.27. The molecule has 0 radical (unpaired) electrons. The second kappa shape index (κ2) is 8.72. The Morgan fingerprint density at radius 3 is 1.96 bits per heavy atom. The topological polar surface area (TPSA) is 50.4 Å². The van der Waals surface area contributed by atoms with Crippen LogP contribution in [0.4, 0.5) is 17.1 Å². The highest BCUT2D eigenvalue weighted by molar-refractivity contribution is 5.94. The summed E-state index contributed by atoms with van der Waals surface area (Å²) >= 11 is 0. The Kier molecular flexibility index (Phi) is 5.88. The van der Waals surface area contributed by atoms with Crippen molar-refractivity contribution in [2.45, 2.75) is 19.4 Å². The number of hydrogen-bond donors (Lipinski definition) is 2. The maximum atomic E-state index is 12.5. The van der Waals surface area contributed by atoms with Crippen LogP contribution in [0.15, 0.2) is 84.9 Å². The average molecular weight is 346 g/mol. The average Bonchev–Trinajstić information content (AvgIpc) is 2.69. The fourth-order valence-electron chi connectivity index (χ4n) is 2.53. The molecule has 0 aliphatic rings. The zero-order chi connectivity index (χ0) is 18.2. The van der Waals surface area contributed by atoms with Crippen LogP contribution < -0.4 is 15.4 Å². The molecule has 0 bridgehead atoms. The van der Waals surface area contributed by atoms with Crippen LogP contribution in [0.2, 0.25) is 0 Å². The third-order valence-corrected chi connectivity index (χ3v) is 3.90. The summed E-state index contributed by atoms with van der Waals surface area (Å²) in [5, 5.41) is 6.23. The van der Waals surface area contributed by atoms with Gasteiger partial charge in [-0.25, -0.2) is 0 Å². The molecule has 132 valence electrons. The Bertz CT molecular complexity index is 818. The van der Waals surface area contributed by atoms with Crippen LogP contribution in [0.3, 0.4) is 0 Å². The van der Waals surface area contributed by atoms with E-state index in [2.05, 4.69) is 10.6 Å². The highest BCUT2D eigenvalue weighted by atomic mass is 16.5. The van der Waals surface area contributed by atoms with E-state index in [0.29, 0.717) is 12.2 Å². The van der Waals surface area contributed by atoms with Gasteiger partial charge in [0.1, 0.15) is 5.75 Å². The van der Waals surface area contributed by atoms with Crippen molar-refractivity contribution >= 4 is 23.0 Å². The van der Waals surface area contributed by atoms with Crippen LogP contribution in [0.1, 0.15) is 13.3 Å². The first-order chi connectivity index (χ1) is 12.7. The summed E-state index contributed by atoms with van der Waals surface area (Å²) in [5.74, 6) is 0.539. The molecule has 1 unspecified atom stereocenters. The fourth-order valence-corrected chi connectivity index (χ4v) is 2.53. The number of rotatable bonds is 7. The lowest BCUT2D eigenvalue weighted by Gasteiger charge is -2.17. The number of ether oxygens (including phenoxy) is 1. The fraction of sp³-hybridized carbons (Fsp3) is 0.136. The van der Waals surface area contributed by atoms with Crippen molar-refractivity contribution in [1.29, 1.82) is 0 Å². The molecule has 0 fully saturated rings. The molecule has 1 atom stereocenters. The number of hydrogen-bond acceptors (Lipinski definition) is 3. The number of anilines is 3. The van der Waals surface area contributed by atoms with Gasteiger partial charge in [0.15, 0.2) is 6.10 Å². The lowest BCUT2D eigenvalue weighted by molar-refractivity contribution is -0.122. The van der Waals surface area contributed by atoms with Gasteiger partial charge < -0.3 is 15.4 Å². The monoisotopic (exact) mass is 346 g/mol. The van der Waals surface area contributed by atoms with Crippen molar-refractivity contribution in [3.05, 3.63) is 84.9 Å². The Morgan fingerprint density at radius 2 is 1.35 bits per heavy atom. The minimum absolute atomic E-state index is 0.153. The van der Waals surface area contributed by atoms with E-state index in [1.165, 1.54) is 0 Å². The third-order valence-electron chi connectivity index (χ3n) is 3.90. The first-order valence-corrected chi connectivity index (χ1v) is 8.69. The van der Waals surface area contributed by atoms with Gasteiger partial charge in [0.25, 0.3) is 5.91 Å². The van der Waals surface area contributed by atoms with Gasteiger partial charge in [0, 0.05) is 17.1 Å². The van der Waals surface area contributed by atoms with Gasteiger partial charge in [0.05, 0.1) is 0 Å². The number of carbonyl (C=O) groups is 1. The Balaban J connectivity index is 1.59. The third kappa shape index (κ3) is 4.86. The molecule has 3 rings (SSSR count). The Morgan fingerprint density at radius 1 is 0.808 bits per heavy atom. The molecular formula is C22H22N2O2. The van der Waals surface area contributed by atoms with Crippen molar-refractivity contribution in [3.63, 3.8) is 0 Å². The van der Waals surface area contributed by atoms with Crippen LogP contribution in [0.25, 0.3) is 0 Å². The summed E-state index contributed by atoms with van der Waals surface area (Å²) in [6.07, 6.45) is 0.0634. The van der Waals surface area contributed by atoms with E-state index < -0.39 is 6.10 Å². The maximum Gasteiger partial charge on any atom is 0.265 e. The van der Waals surface area contributed by atoms with Gasteiger partial charge in [-0.1, -0.05) is 43.3 Å². The largest absolute Gasteiger partial charge is 0.481 e. The molecule has 0 aromatic heterocycles. The molecule has 26 heavy (non-hydrogen) atoms. The molecule has 3 aromatic carbocycles. The molecule has 0 saturated heterocycles. The van der Waals surface area contributed by atoms with Crippen molar-refractivity contribution in [2.24, 2.45) is 0 Å². The van der Waals surface area contributed by atoms with E-state index in [-0.39, 0.29) is 5.91 Å². The molecule has 0 spiro atoms. The smallest absolute Gasteiger partial charge is 0.265 e. The minimum atomic E-state index is -0.528. The zero-order valence-electron chi connectivity index (χ0n) is 14.7. The van der Waals surface area contributed by atoms with Crippen molar-refractivity contribution in [1.82, 2.24) is 0 Å². The second-order valence-electron chi connectivity index (χ2n) is 5.89. The molecule has 0 saturated carbocycles.